The average Bonchev–Trinajstić information content (AvgIpc) is 2.76. The fourth-order valence-electron chi connectivity index (χ4n) is 1.92. The van der Waals surface area contributed by atoms with E-state index in [0.717, 1.165) is 11.3 Å². The number of sulfonamides is 1. The van der Waals surface area contributed by atoms with Crippen molar-refractivity contribution in [3.05, 3.63) is 15.8 Å². The minimum atomic E-state index is -3.92. The number of hydrogen-bond donors (Lipinski definition) is 1. The first-order chi connectivity index (χ1) is 9.71. The molecule has 6 nitrogen and oxygen atoms in total. The van der Waals surface area contributed by atoms with Crippen LogP contribution in [0.25, 0.3) is 0 Å². The summed E-state index contributed by atoms with van der Waals surface area (Å²) in [6.07, 6.45) is 0.0670. The Balaban J connectivity index is 3.32. The molecule has 1 heterocycles. The Morgan fingerprint density at radius 1 is 1.52 bits per heavy atom. The molecule has 8 heteroatoms. The highest BCUT2D eigenvalue weighted by Gasteiger charge is 2.32. The van der Waals surface area contributed by atoms with Gasteiger partial charge in [-0.1, -0.05) is 13.8 Å². The lowest BCUT2D eigenvalue weighted by Gasteiger charge is -2.23. The predicted octanol–water partition coefficient (Wildman–Crippen LogP) is 2.32. The van der Waals surface area contributed by atoms with E-state index in [1.165, 1.54) is 9.69 Å². The van der Waals surface area contributed by atoms with Crippen molar-refractivity contribution in [2.75, 3.05) is 13.1 Å². The minimum Gasteiger partial charge on any atom is -0.477 e. The Kier molecular flexibility index (Phi) is 5.89. The van der Waals surface area contributed by atoms with Crippen LogP contribution in [0.2, 0.25) is 0 Å². The van der Waals surface area contributed by atoms with Crippen molar-refractivity contribution in [3.63, 3.8) is 0 Å². The summed E-state index contributed by atoms with van der Waals surface area (Å²) in [6.45, 7) is 5.62. The van der Waals surface area contributed by atoms with Crippen LogP contribution in [0.3, 0.4) is 0 Å². The third kappa shape index (κ3) is 4.03. The van der Waals surface area contributed by atoms with Gasteiger partial charge in [0.15, 0.2) is 0 Å². The SMILES string of the molecule is Cc1csc(C(=O)O)c1S(=O)(=O)N(CCC#N)CC(C)C. The molecule has 1 aromatic heterocycles. The number of hydrogen-bond acceptors (Lipinski definition) is 5. The van der Waals surface area contributed by atoms with Crippen LogP contribution in [0.15, 0.2) is 10.3 Å². The summed E-state index contributed by atoms with van der Waals surface area (Å²) in [5.74, 6) is -1.18. The van der Waals surface area contributed by atoms with Crippen molar-refractivity contribution in [2.24, 2.45) is 5.92 Å². The van der Waals surface area contributed by atoms with Gasteiger partial charge in [0.2, 0.25) is 10.0 Å². The largest absolute Gasteiger partial charge is 0.477 e. The smallest absolute Gasteiger partial charge is 0.347 e. The Hall–Kier alpha value is -1.43. The summed E-state index contributed by atoms with van der Waals surface area (Å²) in [5, 5.41) is 19.4. The molecule has 0 saturated carbocycles. The summed E-state index contributed by atoms with van der Waals surface area (Å²) in [5.41, 5.74) is 0.420. The molecule has 0 aliphatic carbocycles. The lowest BCUT2D eigenvalue weighted by molar-refractivity contribution is 0.0698. The van der Waals surface area contributed by atoms with Crippen LogP contribution in [-0.2, 0) is 10.0 Å². The normalized spacial score (nSPS) is 11.8. The van der Waals surface area contributed by atoms with E-state index in [4.69, 9.17) is 10.4 Å². The van der Waals surface area contributed by atoms with Crippen molar-refractivity contribution >= 4 is 27.3 Å². The molecule has 0 aliphatic rings. The fraction of sp³-hybridized carbons (Fsp3) is 0.538. The van der Waals surface area contributed by atoms with Gasteiger partial charge in [-0.15, -0.1) is 11.3 Å². The minimum absolute atomic E-state index is 0.0609. The van der Waals surface area contributed by atoms with Gasteiger partial charge >= 0.3 is 5.97 Å². The second-order valence-electron chi connectivity index (χ2n) is 5.05. The van der Waals surface area contributed by atoms with E-state index in [2.05, 4.69) is 0 Å². The van der Waals surface area contributed by atoms with Crippen molar-refractivity contribution in [1.29, 1.82) is 5.26 Å². The number of rotatable bonds is 7. The third-order valence-corrected chi connectivity index (χ3v) is 6.02. The molecule has 21 heavy (non-hydrogen) atoms. The van der Waals surface area contributed by atoms with Gasteiger partial charge in [0.05, 0.1) is 6.07 Å². The van der Waals surface area contributed by atoms with E-state index in [1.807, 2.05) is 19.9 Å². The maximum atomic E-state index is 12.7. The number of carbonyl (C=O) groups is 1. The Bertz CT molecular complexity index is 656. The Morgan fingerprint density at radius 3 is 2.62 bits per heavy atom. The fourth-order valence-corrected chi connectivity index (χ4v) is 5.11. The molecule has 0 spiro atoms. The zero-order valence-electron chi connectivity index (χ0n) is 12.2. The van der Waals surface area contributed by atoms with Gasteiger partial charge in [0.1, 0.15) is 9.77 Å². The van der Waals surface area contributed by atoms with Crippen LogP contribution in [0.5, 0.6) is 0 Å². The van der Waals surface area contributed by atoms with Crippen LogP contribution in [-0.4, -0.2) is 36.9 Å². The number of carboxylic acid groups (broad SMARTS) is 1. The first kappa shape index (κ1) is 17.6. The van der Waals surface area contributed by atoms with Gasteiger partial charge in [-0.25, -0.2) is 13.2 Å². The molecule has 1 rings (SSSR count). The Labute approximate surface area is 128 Å². The quantitative estimate of drug-likeness (QED) is 0.827. The standard InChI is InChI=1S/C13H18N2O4S2/c1-9(2)7-15(6-4-5-14)21(18,19)12-10(3)8-20-11(12)13(16)17/h8-9H,4,6-7H2,1-3H3,(H,16,17). The van der Waals surface area contributed by atoms with Gasteiger partial charge < -0.3 is 5.11 Å². The molecule has 0 fully saturated rings. The molecule has 116 valence electrons. The highest BCUT2D eigenvalue weighted by molar-refractivity contribution is 7.89. The average molecular weight is 330 g/mol. The maximum Gasteiger partial charge on any atom is 0.347 e. The summed E-state index contributed by atoms with van der Waals surface area (Å²) < 4.78 is 26.7. The molecule has 0 bridgehead atoms. The van der Waals surface area contributed by atoms with Crippen molar-refractivity contribution in [2.45, 2.75) is 32.1 Å². The molecular formula is C13H18N2O4S2. The van der Waals surface area contributed by atoms with Crippen LogP contribution in [0, 0.1) is 24.2 Å². The lowest BCUT2D eigenvalue weighted by atomic mass is 10.2. The highest BCUT2D eigenvalue weighted by atomic mass is 32.2. The zero-order chi connectivity index (χ0) is 16.2. The molecule has 0 amide bonds. The summed E-state index contributed by atoms with van der Waals surface area (Å²) >= 11 is 0.901. The molecule has 0 aliphatic heterocycles. The molecule has 1 aromatic rings. The highest BCUT2D eigenvalue weighted by Crippen LogP contribution is 2.30. The van der Waals surface area contributed by atoms with Gasteiger partial charge in [-0.05, 0) is 23.8 Å². The van der Waals surface area contributed by atoms with Crippen LogP contribution >= 0.6 is 11.3 Å². The zero-order valence-corrected chi connectivity index (χ0v) is 13.8. The van der Waals surface area contributed by atoms with Crippen LogP contribution < -0.4 is 0 Å². The van der Waals surface area contributed by atoms with Crippen molar-refractivity contribution in [3.8, 4) is 6.07 Å². The second kappa shape index (κ2) is 7.02. The number of carboxylic acids is 1. The molecule has 0 saturated heterocycles. The lowest BCUT2D eigenvalue weighted by Crippen LogP contribution is -2.35. The van der Waals surface area contributed by atoms with E-state index >= 15 is 0 Å². The monoisotopic (exact) mass is 330 g/mol. The third-order valence-electron chi connectivity index (χ3n) is 2.75. The van der Waals surface area contributed by atoms with E-state index in [0.29, 0.717) is 5.56 Å². The Morgan fingerprint density at radius 2 is 2.14 bits per heavy atom. The van der Waals surface area contributed by atoms with Crippen LogP contribution in [0.1, 0.15) is 35.5 Å². The number of nitriles is 1. The van der Waals surface area contributed by atoms with Crippen molar-refractivity contribution < 1.29 is 18.3 Å². The molecule has 0 atom stereocenters. The first-order valence-corrected chi connectivity index (χ1v) is 8.72. The number of nitrogens with zero attached hydrogens (tertiary/aromatic N) is 2. The topological polar surface area (TPSA) is 98.5 Å². The van der Waals surface area contributed by atoms with Gasteiger partial charge in [0.25, 0.3) is 0 Å². The molecule has 1 N–H and O–H groups in total. The molecular weight excluding hydrogens is 312 g/mol. The second-order valence-corrected chi connectivity index (χ2v) is 7.80. The van der Waals surface area contributed by atoms with E-state index < -0.39 is 16.0 Å². The molecule has 0 aromatic carbocycles. The molecule has 0 unspecified atom stereocenters. The number of thiophene rings is 1. The summed E-state index contributed by atoms with van der Waals surface area (Å²) in [7, 11) is -3.92. The van der Waals surface area contributed by atoms with E-state index in [1.54, 1.807) is 6.92 Å². The summed E-state index contributed by atoms with van der Waals surface area (Å²) in [6, 6.07) is 1.92. The molecule has 0 radical (unpaired) electrons. The van der Waals surface area contributed by atoms with E-state index in [-0.39, 0.29) is 35.2 Å². The van der Waals surface area contributed by atoms with Crippen LogP contribution in [0.4, 0.5) is 0 Å². The summed E-state index contributed by atoms with van der Waals surface area (Å²) in [4.78, 5) is 10.9. The maximum absolute atomic E-state index is 12.7. The first-order valence-electron chi connectivity index (χ1n) is 6.40. The predicted molar refractivity (Wildman–Crippen MR) is 79.8 cm³/mol. The van der Waals surface area contributed by atoms with Gasteiger partial charge in [-0.3, -0.25) is 0 Å². The number of aromatic carboxylic acids is 1. The number of aryl methyl sites for hydroxylation is 1. The van der Waals surface area contributed by atoms with Crippen molar-refractivity contribution in [1.82, 2.24) is 4.31 Å². The van der Waals surface area contributed by atoms with Gasteiger partial charge in [-0.2, -0.15) is 9.57 Å². The van der Waals surface area contributed by atoms with Gasteiger partial charge in [0, 0.05) is 19.5 Å². The van der Waals surface area contributed by atoms with E-state index in [9.17, 15) is 13.2 Å².